The number of rotatable bonds is 12. The lowest BCUT2D eigenvalue weighted by Gasteiger charge is -2.43. The maximum absolute atomic E-state index is 11.3. The highest BCUT2D eigenvalue weighted by molar-refractivity contribution is 5.50. The summed E-state index contributed by atoms with van der Waals surface area (Å²) in [5.74, 6) is -1.21. The van der Waals surface area contributed by atoms with E-state index in [2.05, 4.69) is 123 Å². The first-order valence-corrected chi connectivity index (χ1v) is 19.3. The third kappa shape index (κ3) is 7.46. The van der Waals surface area contributed by atoms with Gasteiger partial charge in [0, 0.05) is 29.1 Å². The van der Waals surface area contributed by atoms with Gasteiger partial charge in [-0.3, -0.25) is 0 Å². The minimum atomic E-state index is -1.73. The summed E-state index contributed by atoms with van der Waals surface area (Å²) in [6.07, 6.45) is 4.35. The van der Waals surface area contributed by atoms with Crippen molar-refractivity contribution in [2.75, 3.05) is 0 Å². The molecule has 0 radical (unpaired) electrons. The van der Waals surface area contributed by atoms with Gasteiger partial charge in [-0.05, 0) is 95.2 Å². The van der Waals surface area contributed by atoms with Gasteiger partial charge in [0.2, 0.25) is 0 Å². The van der Waals surface area contributed by atoms with Crippen molar-refractivity contribution in [2.45, 2.75) is 87.2 Å². The lowest BCUT2D eigenvalue weighted by Crippen LogP contribution is -2.42. The highest BCUT2D eigenvalue weighted by Crippen LogP contribution is 2.49. The zero-order chi connectivity index (χ0) is 37.8. The SMILES string of the molecule is CC(CCc1cc(C2(c3ccc(O)c(CCC(C)(c4ccccc4)c4ccccc4)c3)CCC(O)(O)CC2)ccc1O)(c1ccccc1)c1ccccc1. The Labute approximate surface area is 320 Å². The zero-order valence-corrected chi connectivity index (χ0v) is 31.5. The largest absolute Gasteiger partial charge is 0.508 e. The first-order valence-electron chi connectivity index (χ1n) is 19.3. The third-order valence-corrected chi connectivity index (χ3v) is 12.6. The van der Waals surface area contributed by atoms with Crippen LogP contribution in [-0.4, -0.2) is 26.2 Å². The van der Waals surface area contributed by atoms with Crippen molar-refractivity contribution in [1.82, 2.24) is 0 Å². The lowest BCUT2D eigenvalue weighted by molar-refractivity contribution is -0.186. The average Bonchev–Trinajstić information content (AvgIpc) is 3.21. The highest BCUT2D eigenvalue weighted by Gasteiger charge is 2.44. The molecule has 0 amide bonds. The molecule has 1 aliphatic carbocycles. The number of phenolic OH excluding ortho intramolecular Hbond substituents is 2. The molecule has 4 nitrogen and oxygen atoms in total. The molecule has 0 aliphatic heterocycles. The monoisotopic (exact) mass is 716 g/mol. The van der Waals surface area contributed by atoms with Gasteiger partial charge < -0.3 is 20.4 Å². The topological polar surface area (TPSA) is 80.9 Å². The minimum Gasteiger partial charge on any atom is -0.508 e. The lowest BCUT2D eigenvalue weighted by atomic mass is 9.63. The van der Waals surface area contributed by atoms with Crippen molar-refractivity contribution >= 4 is 0 Å². The standard InChI is InChI=1S/C50H52O4/c1-47(39-15-7-3-8-16-39,40-17-9-4-10-18-40)29-27-37-35-43(23-25-45(37)51)49(31-33-50(53,54)34-32-49)44-24-26-46(52)38(36-44)28-30-48(2,41-19-11-5-12-20-41)42-21-13-6-14-22-42/h3-26,35-36,51-54H,27-34H2,1-2H3. The molecular formula is C50H52O4. The number of aryl methyl sites for hydroxylation is 2. The second kappa shape index (κ2) is 15.3. The molecule has 0 bridgehead atoms. The first-order chi connectivity index (χ1) is 26.0. The van der Waals surface area contributed by atoms with Gasteiger partial charge in [-0.1, -0.05) is 159 Å². The molecule has 0 spiro atoms. The fraction of sp³-hybridized carbons (Fsp3) is 0.280. The molecule has 1 saturated carbocycles. The van der Waals surface area contributed by atoms with Gasteiger partial charge in [-0.25, -0.2) is 0 Å². The van der Waals surface area contributed by atoms with Crippen LogP contribution in [0.25, 0.3) is 0 Å². The predicted octanol–water partition coefficient (Wildman–Crippen LogP) is 10.5. The molecule has 6 aromatic rings. The van der Waals surface area contributed by atoms with Crippen LogP contribution in [-0.2, 0) is 29.1 Å². The highest BCUT2D eigenvalue weighted by atomic mass is 16.5. The van der Waals surface area contributed by atoms with Crippen LogP contribution in [0.1, 0.15) is 96.9 Å². The first kappa shape index (κ1) is 37.2. The van der Waals surface area contributed by atoms with E-state index in [1.807, 2.05) is 36.4 Å². The van der Waals surface area contributed by atoms with Gasteiger partial charge >= 0.3 is 0 Å². The molecule has 0 heterocycles. The van der Waals surface area contributed by atoms with Crippen molar-refractivity contribution in [3.05, 3.63) is 202 Å². The van der Waals surface area contributed by atoms with Crippen molar-refractivity contribution in [1.29, 1.82) is 0 Å². The quantitative estimate of drug-likeness (QED) is 0.0951. The number of aliphatic hydroxyl groups is 2. The number of benzene rings is 6. The van der Waals surface area contributed by atoms with Crippen LogP contribution in [0, 0.1) is 0 Å². The Bertz CT molecular complexity index is 1910. The van der Waals surface area contributed by atoms with E-state index >= 15 is 0 Å². The van der Waals surface area contributed by atoms with E-state index in [4.69, 9.17) is 0 Å². The number of hydrogen-bond donors (Lipinski definition) is 4. The van der Waals surface area contributed by atoms with Gasteiger partial charge in [-0.2, -0.15) is 0 Å². The summed E-state index contributed by atoms with van der Waals surface area (Å²) >= 11 is 0. The summed E-state index contributed by atoms with van der Waals surface area (Å²) in [5, 5.41) is 44.1. The molecule has 4 N–H and O–H groups in total. The van der Waals surface area contributed by atoms with Crippen LogP contribution >= 0.6 is 0 Å². The Morgan fingerprint density at radius 2 is 0.759 bits per heavy atom. The van der Waals surface area contributed by atoms with Gasteiger partial charge in [0.05, 0.1) is 0 Å². The normalized spacial score (nSPS) is 15.5. The van der Waals surface area contributed by atoms with Crippen LogP contribution in [0.15, 0.2) is 158 Å². The Balaban J connectivity index is 1.23. The van der Waals surface area contributed by atoms with Gasteiger partial charge in [0.15, 0.2) is 5.79 Å². The van der Waals surface area contributed by atoms with Crippen molar-refractivity contribution in [2.24, 2.45) is 0 Å². The Kier molecular flexibility index (Phi) is 10.5. The Hall–Kier alpha value is -5.16. The maximum Gasteiger partial charge on any atom is 0.162 e. The second-order valence-electron chi connectivity index (χ2n) is 15.9. The minimum absolute atomic E-state index is 0.222. The van der Waals surface area contributed by atoms with Gasteiger partial charge in [-0.15, -0.1) is 0 Å². The van der Waals surface area contributed by atoms with Crippen molar-refractivity contribution in [3.8, 4) is 11.5 Å². The van der Waals surface area contributed by atoms with Gasteiger partial charge in [0.1, 0.15) is 11.5 Å². The van der Waals surface area contributed by atoms with Crippen LogP contribution in [0.5, 0.6) is 11.5 Å². The van der Waals surface area contributed by atoms with Crippen LogP contribution in [0.3, 0.4) is 0 Å². The Morgan fingerprint density at radius 3 is 1.07 bits per heavy atom. The molecule has 1 aliphatic rings. The molecule has 7 rings (SSSR count). The second-order valence-corrected chi connectivity index (χ2v) is 15.9. The maximum atomic E-state index is 11.3. The average molecular weight is 717 g/mol. The molecule has 276 valence electrons. The number of aromatic hydroxyl groups is 2. The molecule has 4 heteroatoms. The molecule has 54 heavy (non-hydrogen) atoms. The predicted molar refractivity (Wildman–Crippen MR) is 218 cm³/mol. The van der Waals surface area contributed by atoms with Crippen LogP contribution in [0.2, 0.25) is 0 Å². The molecule has 0 atom stereocenters. The molecule has 0 saturated heterocycles. The fourth-order valence-electron chi connectivity index (χ4n) is 8.89. The zero-order valence-electron chi connectivity index (χ0n) is 31.5. The van der Waals surface area contributed by atoms with E-state index in [9.17, 15) is 20.4 Å². The van der Waals surface area contributed by atoms with E-state index in [1.54, 1.807) is 12.1 Å². The summed E-state index contributed by atoms with van der Waals surface area (Å²) in [6.45, 7) is 4.56. The number of phenols is 2. The van der Waals surface area contributed by atoms with Crippen LogP contribution in [0.4, 0.5) is 0 Å². The summed E-state index contributed by atoms with van der Waals surface area (Å²) in [5.41, 5.74) is 7.64. The molecule has 0 unspecified atom stereocenters. The van der Waals surface area contributed by atoms with E-state index in [0.29, 0.717) is 25.7 Å². The summed E-state index contributed by atoms with van der Waals surface area (Å²) in [4.78, 5) is 0. The fourth-order valence-corrected chi connectivity index (χ4v) is 8.89. The Morgan fingerprint density at radius 1 is 0.444 bits per heavy atom. The third-order valence-electron chi connectivity index (χ3n) is 12.6. The van der Waals surface area contributed by atoms with E-state index in [-0.39, 0.29) is 35.2 Å². The van der Waals surface area contributed by atoms with Crippen LogP contribution < -0.4 is 0 Å². The number of hydrogen-bond acceptors (Lipinski definition) is 4. The van der Waals surface area contributed by atoms with E-state index in [0.717, 1.165) is 35.1 Å². The van der Waals surface area contributed by atoms with Gasteiger partial charge in [0.25, 0.3) is 0 Å². The van der Waals surface area contributed by atoms with Crippen molar-refractivity contribution in [3.63, 3.8) is 0 Å². The summed E-state index contributed by atoms with van der Waals surface area (Å²) in [6, 6.07) is 54.2. The molecule has 0 aromatic heterocycles. The molecule has 6 aromatic carbocycles. The smallest absolute Gasteiger partial charge is 0.162 e. The van der Waals surface area contributed by atoms with Crippen molar-refractivity contribution < 1.29 is 20.4 Å². The summed E-state index contributed by atoms with van der Waals surface area (Å²) in [7, 11) is 0. The molecular weight excluding hydrogens is 665 g/mol. The summed E-state index contributed by atoms with van der Waals surface area (Å²) < 4.78 is 0. The van der Waals surface area contributed by atoms with E-state index < -0.39 is 11.2 Å². The van der Waals surface area contributed by atoms with E-state index in [1.165, 1.54) is 22.3 Å². The molecule has 1 fully saturated rings.